The van der Waals surface area contributed by atoms with Gasteiger partial charge in [0.2, 0.25) is 5.91 Å². The van der Waals surface area contributed by atoms with Gasteiger partial charge in [-0.3, -0.25) is 9.59 Å². The Morgan fingerprint density at radius 2 is 2.05 bits per heavy atom. The molecule has 1 aromatic heterocycles. The van der Waals surface area contributed by atoms with Crippen LogP contribution < -0.4 is 5.32 Å². The summed E-state index contributed by atoms with van der Waals surface area (Å²) in [5.41, 5.74) is 1.59. The van der Waals surface area contributed by atoms with Crippen LogP contribution >= 0.6 is 23.3 Å². The van der Waals surface area contributed by atoms with Crippen molar-refractivity contribution in [1.29, 1.82) is 0 Å². The SMILES string of the molecule is O=C(O)[C@H]1CCC[C@H]1C(=O)Nc1c(Cl)ccc2nsnc12. The van der Waals surface area contributed by atoms with E-state index >= 15 is 0 Å². The van der Waals surface area contributed by atoms with E-state index in [1.165, 1.54) is 0 Å². The molecule has 1 fully saturated rings. The molecule has 21 heavy (non-hydrogen) atoms. The quantitative estimate of drug-likeness (QED) is 0.905. The molecule has 0 saturated heterocycles. The molecule has 1 saturated carbocycles. The van der Waals surface area contributed by atoms with Crippen molar-refractivity contribution in [2.45, 2.75) is 19.3 Å². The molecule has 110 valence electrons. The van der Waals surface area contributed by atoms with E-state index in [-0.39, 0.29) is 5.91 Å². The summed E-state index contributed by atoms with van der Waals surface area (Å²) in [5.74, 6) is -2.40. The number of rotatable bonds is 3. The fourth-order valence-corrected chi connectivity index (χ4v) is 3.47. The summed E-state index contributed by atoms with van der Waals surface area (Å²) in [6, 6.07) is 3.37. The third-order valence-corrected chi connectivity index (χ3v) is 4.65. The highest BCUT2D eigenvalue weighted by molar-refractivity contribution is 7.00. The minimum Gasteiger partial charge on any atom is -0.481 e. The van der Waals surface area contributed by atoms with Gasteiger partial charge in [0.05, 0.1) is 34.3 Å². The summed E-state index contributed by atoms with van der Waals surface area (Å²) in [7, 11) is 0. The van der Waals surface area contributed by atoms with Crippen LogP contribution in [0.15, 0.2) is 12.1 Å². The van der Waals surface area contributed by atoms with Crippen LogP contribution in [0, 0.1) is 11.8 Å². The lowest BCUT2D eigenvalue weighted by Crippen LogP contribution is -2.30. The van der Waals surface area contributed by atoms with Crippen LogP contribution in [-0.2, 0) is 9.59 Å². The van der Waals surface area contributed by atoms with E-state index in [4.69, 9.17) is 16.7 Å². The molecule has 1 aliphatic carbocycles. The van der Waals surface area contributed by atoms with E-state index in [9.17, 15) is 9.59 Å². The number of benzene rings is 1. The van der Waals surface area contributed by atoms with Gasteiger partial charge < -0.3 is 10.4 Å². The highest BCUT2D eigenvalue weighted by Gasteiger charge is 2.38. The minimum absolute atomic E-state index is 0.317. The Morgan fingerprint density at radius 1 is 1.29 bits per heavy atom. The van der Waals surface area contributed by atoms with Gasteiger partial charge in [-0.2, -0.15) is 8.75 Å². The number of carboxylic acid groups (broad SMARTS) is 1. The first kappa shape index (κ1) is 14.2. The molecule has 2 aromatic rings. The summed E-state index contributed by atoms with van der Waals surface area (Å²) in [6.45, 7) is 0. The Hall–Kier alpha value is -1.73. The Kier molecular flexibility index (Phi) is 3.77. The van der Waals surface area contributed by atoms with Crippen LogP contribution in [0.4, 0.5) is 5.69 Å². The van der Waals surface area contributed by atoms with Crippen molar-refractivity contribution in [2.75, 3.05) is 5.32 Å². The lowest BCUT2D eigenvalue weighted by molar-refractivity contribution is -0.145. The number of hydrogen-bond acceptors (Lipinski definition) is 5. The van der Waals surface area contributed by atoms with Gasteiger partial charge in [0.25, 0.3) is 0 Å². The number of carboxylic acids is 1. The second-order valence-electron chi connectivity index (χ2n) is 5.03. The highest BCUT2D eigenvalue weighted by Crippen LogP contribution is 2.35. The summed E-state index contributed by atoms with van der Waals surface area (Å²) in [6.07, 6.45) is 1.85. The van der Waals surface area contributed by atoms with Crippen LogP contribution in [0.1, 0.15) is 19.3 Å². The number of hydrogen-bond donors (Lipinski definition) is 2. The first-order chi connectivity index (χ1) is 10.1. The molecule has 1 aliphatic rings. The summed E-state index contributed by atoms with van der Waals surface area (Å²) < 4.78 is 8.22. The van der Waals surface area contributed by atoms with Gasteiger partial charge >= 0.3 is 5.97 Å². The fourth-order valence-electron chi connectivity index (χ4n) is 2.73. The number of carbonyl (C=O) groups excluding carboxylic acids is 1. The van der Waals surface area contributed by atoms with Gasteiger partial charge in [0.15, 0.2) is 0 Å². The molecule has 1 heterocycles. The van der Waals surface area contributed by atoms with E-state index < -0.39 is 17.8 Å². The van der Waals surface area contributed by atoms with Crippen molar-refractivity contribution < 1.29 is 14.7 Å². The molecule has 0 radical (unpaired) electrons. The third kappa shape index (κ3) is 2.58. The Morgan fingerprint density at radius 3 is 2.81 bits per heavy atom. The van der Waals surface area contributed by atoms with Crippen molar-refractivity contribution >= 4 is 51.9 Å². The van der Waals surface area contributed by atoms with Crippen LogP contribution in [0.3, 0.4) is 0 Å². The maximum atomic E-state index is 12.4. The summed E-state index contributed by atoms with van der Waals surface area (Å²) in [4.78, 5) is 23.5. The molecule has 0 bridgehead atoms. The number of nitrogens with zero attached hydrogens (tertiary/aromatic N) is 2. The number of aromatic nitrogens is 2. The van der Waals surface area contributed by atoms with Gasteiger partial charge in [-0.05, 0) is 25.0 Å². The number of carbonyl (C=O) groups is 2. The number of halogens is 1. The molecule has 0 spiro atoms. The van der Waals surface area contributed by atoms with Crippen LogP contribution in [0.5, 0.6) is 0 Å². The minimum atomic E-state index is -0.924. The predicted molar refractivity (Wildman–Crippen MR) is 79.5 cm³/mol. The van der Waals surface area contributed by atoms with Crippen LogP contribution in [-0.4, -0.2) is 25.7 Å². The zero-order valence-electron chi connectivity index (χ0n) is 10.9. The molecule has 3 rings (SSSR count). The van der Waals surface area contributed by atoms with E-state index in [2.05, 4.69) is 14.1 Å². The van der Waals surface area contributed by atoms with Crippen molar-refractivity contribution in [3.8, 4) is 0 Å². The van der Waals surface area contributed by atoms with E-state index in [1.807, 2.05) is 0 Å². The fraction of sp³-hybridized carbons (Fsp3) is 0.385. The smallest absolute Gasteiger partial charge is 0.307 e. The lowest BCUT2D eigenvalue weighted by Gasteiger charge is -2.16. The van der Waals surface area contributed by atoms with Gasteiger partial charge in [0.1, 0.15) is 11.0 Å². The number of nitrogens with one attached hydrogen (secondary N) is 1. The average molecular weight is 326 g/mol. The lowest BCUT2D eigenvalue weighted by atomic mass is 9.95. The maximum Gasteiger partial charge on any atom is 0.307 e. The molecule has 2 N–H and O–H groups in total. The monoisotopic (exact) mass is 325 g/mol. The number of amides is 1. The molecule has 0 aliphatic heterocycles. The molecule has 6 nitrogen and oxygen atoms in total. The molecule has 1 amide bonds. The number of aliphatic carboxylic acids is 1. The summed E-state index contributed by atoms with van der Waals surface area (Å²) in [5, 5.41) is 12.3. The molecule has 1 aromatic carbocycles. The van der Waals surface area contributed by atoms with Gasteiger partial charge in [-0.25, -0.2) is 0 Å². The predicted octanol–water partition coefficient (Wildman–Crippen LogP) is 2.78. The average Bonchev–Trinajstić information content (AvgIpc) is 3.09. The second kappa shape index (κ2) is 5.57. The first-order valence-corrected chi connectivity index (χ1v) is 7.63. The molecule has 2 atom stereocenters. The standard InChI is InChI=1S/C13H12ClN3O3S/c14-8-4-5-9-11(17-21-16-9)10(8)15-12(18)6-2-1-3-7(6)13(19)20/h4-7H,1-3H2,(H,15,18)(H,19,20)/t6-,7+/m1/s1. The second-order valence-corrected chi connectivity index (χ2v) is 5.96. The molecular weight excluding hydrogens is 314 g/mol. The van der Waals surface area contributed by atoms with Crippen molar-refractivity contribution in [2.24, 2.45) is 11.8 Å². The largest absolute Gasteiger partial charge is 0.481 e. The molecular formula is C13H12ClN3O3S. The summed E-state index contributed by atoms with van der Waals surface area (Å²) >= 11 is 7.15. The van der Waals surface area contributed by atoms with E-state index in [1.54, 1.807) is 12.1 Å². The van der Waals surface area contributed by atoms with Crippen molar-refractivity contribution in [3.05, 3.63) is 17.2 Å². The van der Waals surface area contributed by atoms with Crippen molar-refractivity contribution in [1.82, 2.24) is 8.75 Å². The topological polar surface area (TPSA) is 92.2 Å². The zero-order valence-corrected chi connectivity index (χ0v) is 12.4. The Labute approximate surface area is 129 Å². The zero-order chi connectivity index (χ0) is 15.0. The maximum absolute atomic E-state index is 12.4. The van der Waals surface area contributed by atoms with Gasteiger partial charge in [0, 0.05) is 0 Å². The van der Waals surface area contributed by atoms with E-state index in [0.717, 1.165) is 18.1 Å². The Balaban J connectivity index is 1.88. The highest BCUT2D eigenvalue weighted by atomic mass is 35.5. The van der Waals surface area contributed by atoms with Gasteiger partial charge in [-0.1, -0.05) is 18.0 Å². The van der Waals surface area contributed by atoms with Crippen molar-refractivity contribution in [3.63, 3.8) is 0 Å². The molecule has 0 unspecified atom stereocenters. The number of fused-ring (bicyclic) bond motifs is 1. The van der Waals surface area contributed by atoms with Crippen LogP contribution in [0.2, 0.25) is 5.02 Å². The Bertz CT molecular complexity index is 718. The van der Waals surface area contributed by atoms with E-state index in [0.29, 0.717) is 34.6 Å². The third-order valence-electron chi connectivity index (χ3n) is 3.80. The van der Waals surface area contributed by atoms with Gasteiger partial charge in [-0.15, -0.1) is 0 Å². The van der Waals surface area contributed by atoms with Crippen LogP contribution in [0.25, 0.3) is 11.0 Å². The number of anilines is 1. The normalized spacial score (nSPS) is 21.6. The first-order valence-electron chi connectivity index (χ1n) is 6.52. The molecule has 8 heteroatoms.